The Morgan fingerprint density at radius 3 is 3.00 bits per heavy atom. The molecule has 2 rings (SSSR count). The standard InChI is InChI=1S/C15H19N5S/c1-2-18-15-19-10-14(21-15)12-20(8-4-6-16)11-13-5-3-7-17-9-13/h3,5,7,9-10H,2,4,8,11-12H2,1H3,(H,18,19). The molecule has 0 aliphatic heterocycles. The van der Waals surface area contributed by atoms with Gasteiger partial charge in [0.15, 0.2) is 5.13 Å². The zero-order valence-corrected chi connectivity index (χ0v) is 12.9. The normalized spacial score (nSPS) is 10.5. The minimum absolute atomic E-state index is 0.527. The van der Waals surface area contributed by atoms with Crippen molar-refractivity contribution >= 4 is 16.5 Å². The highest BCUT2D eigenvalue weighted by atomic mass is 32.1. The van der Waals surface area contributed by atoms with Crippen LogP contribution < -0.4 is 5.32 Å². The van der Waals surface area contributed by atoms with Crippen LogP contribution in [-0.4, -0.2) is 28.0 Å². The summed E-state index contributed by atoms with van der Waals surface area (Å²) in [5.41, 5.74) is 1.16. The van der Waals surface area contributed by atoms with Crippen molar-refractivity contribution in [2.75, 3.05) is 18.4 Å². The van der Waals surface area contributed by atoms with Gasteiger partial charge >= 0.3 is 0 Å². The van der Waals surface area contributed by atoms with Crippen LogP contribution in [-0.2, 0) is 13.1 Å². The molecule has 6 heteroatoms. The predicted molar refractivity (Wildman–Crippen MR) is 84.9 cm³/mol. The van der Waals surface area contributed by atoms with Gasteiger partial charge in [-0.1, -0.05) is 6.07 Å². The smallest absolute Gasteiger partial charge is 0.182 e. The summed E-state index contributed by atoms with van der Waals surface area (Å²) in [5, 5.41) is 13.0. The second kappa shape index (κ2) is 8.35. The summed E-state index contributed by atoms with van der Waals surface area (Å²) in [6.45, 7) is 5.28. The van der Waals surface area contributed by atoms with Crippen LogP contribution >= 0.6 is 11.3 Å². The summed E-state index contributed by atoms with van der Waals surface area (Å²) < 4.78 is 0. The molecular formula is C15H19N5S. The van der Waals surface area contributed by atoms with Crippen molar-refractivity contribution in [1.82, 2.24) is 14.9 Å². The number of nitrogens with zero attached hydrogens (tertiary/aromatic N) is 4. The maximum Gasteiger partial charge on any atom is 0.182 e. The first kappa shape index (κ1) is 15.4. The topological polar surface area (TPSA) is 64.8 Å². The van der Waals surface area contributed by atoms with Crippen molar-refractivity contribution in [3.05, 3.63) is 41.2 Å². The molecule has 0 aromatic carbocycles. The molecule has 2 aromatic heterocycles. The summed E-state index contributed by atoms with van der Waals surface area (Å²) in [5.74, 6) is 0. The molecule has 0 atom stereocenters. The average molecular weight is 301 g/mol. The highest BCUT2D eigenvalue weighted by Gasteiger charge is 2.09. The van der Waals surface area contributed by atoms with Gasteiger partial charge in [-0.3, -0.25) is 9.88 Å². The Morgan fingerprint density at radius 1 is 1.38 bits per heavy atom. The van der Waals surface area contributed by atoms with Crippen molar-refractivity contribution in [2.24, 2.45) is 0 Å². The van der Waals surface area contributed by atoms with E-state index in [9.17, 15) is 0 Å². The monoisotopic (exact) mass is 301 g/mol. The number of nitrogens with one attached hydrogen (secondary N) is 1. The van der Waals surface area contributed by atoms with Crippen molar-refractivity contribution in [2.45, 2.75) is 26.4 Å². The number of nitriles is 1. The van der Waals surface area contributed by atoms with Crippen LogP contribution in [0.25, 0.3) is 0 Å². The molecule has 21 heavy (non-hydrogen) atoms. The summed E-state index contributed by atoms with van der Waals surface area (Å²) >= 11 is 1.67. The second-order valence-electron chi connectivity index (χ2n) is 4.64. The van der Waals surface area contributed by atoms with E-state index < -0.39 is 0 Å². The average Bonchev–Trinajstić information content (AvgIpc) is 2.93. The quantitative estimate of drug-likeness (QED) is 0.812. The number of thiazole rings is 1. The molecule has 0 saturated heterocycles. The Bertz CT molecular complexity index is 575. The third kappa shape index (κ3) is 5.14. The lowest BCUT2D eigenvalue weighted by molar-refractivity contribution is 0.265. The van der Waals surface area contributed by atoms with Crippen LogP contribution in [0.4, 0.5) is 5.13 Å². The Hall–Kier alpha value is -1.97. The fraction of sp³-hybridized carbons (Fsp3) is 0.400. The van der Waals surface area contributed by atoms with Crippen LogP contribution in [0.15, 0.2) is 30.7 Å². The Labute approximate surface area is 129 Å². The fourth-order valence-electron chi connectivity index (χ4n) is 2.01. The SMILES string of the molecule is CCNc1ncc(CN(CCC#N)Cc2cccnc2)s1. The molecule has 2 aromatic rings. The van der Waals surface area contributed by atoms with Crippen molar-refractivity contribution in [1.29, 1.82) is 5.26 Å². The van der Waals surface area contributed by atoms with E-state index >= 15 is 0 Å². The molecule has 0 fully saturated rings. The van der Waals surface area contributed by atoms with Gasteiger partial charge in [0.2, 0.25) is 0 Å². The zero-order valence-electron chi connectivity index (χ0n) is 12.1. The Kier molecular flexibility index (Phi) is 6.13. The molecule has 0 aliphatic rings. The summed E-state index contributed by atoms with van der Waals surface area (Å²) in [6.07, 6.45) is 6.08. The van der Waals surface area contributed by atoms with Gasteiger partial charge in [0, 0.05) is 56.1 Å². The molecule has 1 N–H and O–H groups in total. The largest absolute Gasteiger partial charge is 0.362 e. The lowest BCUT2D eigenvalue weighted by atomic mass is 10.2. The highest BCUT2D eigenvalue weighted by molar-refractivity contribution is 7.15. The van der Waals surface area contributed by atoms with Crippen LogP contribution in [0.1, 0.15) is 23.8 Å². The Morgan fingerprint density at radius 2 is 2.29 bits per heavy atom. The molecule has 0 aliphatic carbocycles. The van der Waals surface area contributed by atoms with Gasteiger partial charge in [0.1, 0.15) is 0 Å². The summed E-state index contributed by atoms with van der Waals surface area (Å²) in [7, 11) is 0. The van der Waals surface area contributed by atoms with Crippen LogP contribution in [0, 0.1) is 11.3 Å². The van der Waals surface area contributed by atoms with E-state index in [1.807, 2.05) is 18.5 Å². The third-order valence-corrected chi connectivity index (χ3v) is 3.87. The van der Waals surface area contributed by atoms with E-state index in [0.29, 0.717) is 6.42 Å². The van der Waals surface area contributed by atoms with E-state index in [1.165, 1.54) is 4.88 Å². The Balaban J connectivity index is 1.99. The van der Waals surface area contributed by atoms with E-state index in [1.54, 1.807) is 17.5 Å². The molecule has 0 radical (unpaired) electrons. The molecule has 0 amide bonds. The number of hydrogen-bond acceptors (Lipinski definition) is 6. The van der Waals surface area contributed by atoms with Crippen molar-refractivity contribution < 1.29 is 0 Å². The number of pyridine rings is 1. The lowest BCUT2D eigenvalue weighted by Crippen LogP contribution is -2.23. The van der Waals surface area contributed by atoms with E-state index in [-0.39, 0.29) is 0 Å². The molecule has 110 valence electrons. The van der Waals surface area contributed by atoms with Crippen LogP contribution in [0.3, 0.4) is 0 Å². The van der Waals surface area contributed by atoms with Gasteiger partial charge < -0.3 is 5.32 Å². The fourth-order valence-corrected chi connectivity index (χ4v) is 2.93. The first-order valence-electron chi connectivity index (χ1n) is 6.98. The van der Waals surface area contributed by atoms with Gasteiger partial charge in [-0.25, -0.2) is 4.98 Å². The molecule has 0 unspecified atom stereocenters. The third-order valence-electron chi connectivity index (χ3n) is 2.93. The molecule has 2 heterocycles. The van der Waals surface area contributed by atoms with Crippen LogP contribution in [0.5, 0.6) is 0 Å². The number of hydrogen-bond donors (Lipinski definition) is 1. The van der Waals surface area contributed by atoms with Gasteiger partial charge in [0.25, 0.3) is 0 Å². The maximum absolute atomic E-state index is 8.81. The first-order valence-corrected chi connectivity index (χ1v) is 7.80. The summed E-state index contributed by atoms with van der Waals surface area (Å²) in [6, 6.07) is 6.21. The van der Waals surface area contributed by atoms with E-state index in [0.717, 1.165) is 36.9 Å². The molecule has 5 nitrogen and oxygen atoms in total. The number of aromatic nitrogens is 2. The first-order chi connectivity index (χ1) is 10.3. The predicted octanol–water partition coefficient (Wildman–Crippen LogP) is 2.89. The molecule has 0 spiro atoms. The van der Waals surface area contributed by atoms with Gasteiger partial charge in [0.05, 0.1) is 6.07 Å². The van der Waals surface area contributed by atoms with Crippen molar-refractivity contribution in [3.8, 4) is 6.07 Å². The molecular weight excluding hydrogens is 282 g/mol. The summed E-state index contributed by atoms with van der Waals surface area (Å²) in [4.78, 5) is 11.9. The zero-order chi connectivity index (χ0) is 14.9. The van der Waals surface area contributed by atoms with E-state index in [4.69, 9.17) is 5.26 Å². The molecule has 0 saturated carbocycles. The minimum atomic E-state index is 0.527. The number of anilines is 1. The number of rotatable bonds is 8. The molecule has 0 bridgehead atoms. The highest BCUT2D eigenvalue weighted by Crippen LogP contribution is 2.20. The maximum atomic E-state index is 8.81. The van der Waals surface area contributed by atoms with Gasteiger partial charge in [-0.05, 0) is 18.6 Å². The second-order valence-corrected chi connectivity index (χ2v) is 5.76. The van der Waals surface area contributed by atoms with Gasteiger partial charge in [-0.15, -0.1) is 11.3 Å². The minimum Gasteiger partial charge on any atom is -0.362 e. The van der Waals surface area contributed by atoms with Crippen LogP contribution in [0.2, 0.25) is 0 Å². The van der Waals surface area contributed by atoms with Gasteiger partial charge in [-0.2, -0.15) is 5.26 Å². The lowest BCUT2D eigenvalue weighted by Gasteiger charge is -2.20. The van der Waals surface area contributed by atoms with E-state index in [2.05, 4.69) is 39.2 Å². The van der Waals surface area contributed by atoms with Crippen molar-refractivity contribution in [3.63, 3.8) is 0 Å².